The maximum atomic E-state index is 13.1. The number of rotatable bonds is 3. The van der Waals surface area contributed by atoms with Gasteiger partial charge in [0.25, 0.3) is 0 Å². The Morgan fingerprint density at radius 3 is 2.46 bits per heavy atom. The Bertz CT molecular complexity index is 1040. The van der Waals surface area contributed by atoms with E-state index in [9.17, 15) is 12.8 Å². The SMILES string of the molecule is Cc1cc2c(N3CCN(S(=O)(=O)c4ccc(F)cc4)CC3)ncnc2s1. The molecule has 3 aromatic rings. The van der Waals surface area contributed by atoms with Gasteiger partial charge in [-0.1, -0.05) is 0 Å². The number of aryl methyl sites for hydroxylation is 1. The molecule has 0 aliphatic carbocycles. The van der Waals surface area contributed by atoms with Gasteiger partial charge in [-0.15, -0.1) is 11.3 Å². The number of anilines is 1. The molecule has 1 aliphatic heterocycles. The molecule has 3 heterocycles. The fraction of sp³-hybridized carbons (Fsp3) is 0.294. The Morgan fingerprint density at radius 2 is 1.77 bits per heavy atom. The van der Waals surface area contributed by atoms with E-state index in [1.54, 1.807) is 17.7 Å². The van der Waals surface area contributed by atoms with Crippen molar-refractivity contribution in [1.29, 1.82) is 0 Å². The second-order valence-corrected chi connectivity index (χ2v) is 9.29. The topological polar surface area (TPSA) is 66.4 Å². The van der Waals surface area contributed by atoms with E-state index in [0.29, 0.717) is 26.2 Å². The van der Waals surface area contributed by atoms with Crippen LogP contribution in [0, 0.1) is 12.7 Å². The normalized spacial score (nSPS) is 16.3. The van der Waals surface area contributed by atoms with Gasteiger partial charge in [-0.25, -0.2) is 22.8 Å². The van der Waals surface area contributed by atoms with Gasteiger partial charge in [0.2, 0.25) is 10.0 Å². The highest BCUT2D eigenvalue weighted by molar-refractivity contribution is 7.89. The van der Waals surface area contributed by atoms with Crippen molar-refractivity contribution < 1.29 is 12.8 Å². The first-order valence-corrected chi connectivity index (χ1v) is 10.4. The first-order valence-electron chi connectivity index (χ1n) is 8.17. The predicted molar refractivity (Wildman–Crippen MR) is 99.5 cm³/mol. The molecule has 1 aliphatic rings. The molecule has 136 valence electrons. The van der Waals surface area contributed by atoms with Crippen LogP contribution in [0.3, 0.4) is 0 Å². The number of fused-ring (bicyclic) bond motifs is 1. The van der Waals surface area contributed by atoms with Gasteiger partial charge in [0.15, 0.2) is 0 Å². The summed E-state index contributed by atoms with van der Waals surface area (Å²) < 4.78 is 39.9. The first kappa shape index (κ1) is 17.3. The van der Waals surface area contributed by atoms with Gasteiger partial charge < -0.3 is 4.90 Å². The standard InChI is InChI=1S/C17H17FN4O2S2/c1-12-10-15-16(19-11-20-17(15)25-12)21-6-8-22(9-7-21)26(23,24)14-4-2-13(18)3-5-14/h2-5,10-11H,6-9H2,1H3. The minimum atomic E-state index is -3.61. The molecular weight excluding hydrogens is 375 g/mol. The van der Waals surface area contributed by atoms with Crippen molar-refractivity contribution >= 4 is 37.4 Å². The van der Waals surface area contributed by atoms with E-state index in [0.717, 1.165) is 16.0 Å². The molecule has 9 heteroatoms. The second-order valence-electron chi connectivity index (χ2n) is 6.12. The summed E-state index contributed by atoms with van der Waals surface area (Å²) in [5.41, 5.74) is 0. The third kappa shape index (κ3) is 3.06. The van der Waals surface area contributed by atoms with Crippen LogP contribution in [0.4, 0.5) is 10.2 Å². The van der Waals surface area contributed by atoms with Crippen LogP contribution in [0.1, 0.15) is 4.88 Å². The molecule has 1 fully saturated rings. The number of halogens is 1. The largest absolute Gasteiger partial charge is 0.353 e. The fourth-order valence-electron chi connectivity index (χ4n) is 3.11. The van der Waals surface area contributed by atoms with Crippen molar-refractivity contribution in [3.63, 3.8) is 0 Å². The van der Waals surface area contributed by atoms with Crippen molar-refractivity contribution in [1.82, 2.24) is 14.3 Å². The lowest BCUT2D eigenvalue weighted by Gasteiger charge is -2.34. The number of hydrogen-bond donors (Lipinski definition) is 0. The second kappa shape index (κ2) is 6.57. The maximum Gasteiger partial charge on any atom is 0.243 e. The molecule has 0 N–H and O–H groups in total. The summed E-state index contributed by atoms with van der Waals surface area (Å²) in [4.78, 5) is 13.0. The summed E-state index contributed by atoms with van der Waals surface area (Å²) in [7, 11) is -3.61. The van der Waals surface area contributed by atoms with Gasteiger partial charge in [-0.3, -0.25) is 0 Å². The molecule has 1 saturated heterocycles. The number of nitrogens with zero attached hydrogens (tertiary/aromatic N) is 4. The first-order chi connectivity index (χ1) is 12.4. The number of piperazine rings is 1. The monoisotopic (exact) mass is 392 g/mol. The maximum absolute atomic E-state index is 13.1. The molecule has 2 aromatic heterocycles. The van der Waals surface area contributed by atoms with Crippen LogP contribution < -0.4 is 4.90 Å². The van der Waals surface area contributed by atoms with Crippen LogP contribution in [0.15, 0.2) is 41.6 Å². The third-order valence-electron chi connectivity index (χ3n) is 4.42. The lowest BCUT2D eigenvalue weighted by atomic mass is 10.3. The van der Waals surface area contributed by atoms with Crippen molar-refractivity contribution in [2.75, 3.05) is 31.1 Å². The van der Waals surface area contributed by atoms with E-state index < -0.39 is 15.8 Å². The Morgan fingerprint density at radius 1 is 1.08 bits per heavy atom. The Labute approximate surface area is 155 Å². The predicted octanol–water partition coefficient (Wildman–Crippen LogP) is 2.65. The van der Waals surface area contributed by atoms with Crippen LogP contribution in [0.5, 0.6) is 0 Å². The number of hydrogen-bond acceptors (Lipinski definition) is 6. The molecule has 0 amide bonds. The number of benzene rings is 1. The average Bonchev–Trinajstić information content (AvgIpc) is 3.02. The van der Waals surface area contributed by atoms with Crippen molar-refractivity contribution in [3.8, 4) is 0 Å². The van der Waals surface area contributed by atoms with Gasteiger partial charge >= 0.3 is 0 Å². The third-order valence-corrected chi connectivity index (χ3v) is 7.29. The van der Waals surface area contributed by atoms with Crippen LogP contribution in [0.25, 0.3) is 10.2 Å². The van der Waals surface area contributed by atoms with E-state index in [4.69, 9.17) is 0 Å². The van der Waals surface area contributed by atoms with Crippen molar-refractivity contribution in [3.05, 3.63) is 47.4 Å². The Kier molecular flexibility index (Phi) is 4.37. The smallest absolute Gasteiger partial charge is 0.243 e. The molecule has 0 atom stereocenters. The van der Waals surface area contributed by atoms with Gasteiger partial charge in [0, 0.05) is 31.1 Å². The van der Waals surface area contributed by atoms with Gasteiger partial charge in [-0.05, 0) is 37.3 Å². The quantitative estimate of drug-likeness (QED) is 0.686. The summed E-state index contributed by atoms with van der Waals surface area (Å²) in [5.74, 6) is 0.394. The van der Waals surface area contributed by atoms with E-state index in [1.807, 2.05) is 6.92 Å². The molecule has 0 saturated carbocycles. The van der Waals surface area contributed by atoms with Gasteiger partial charge in [0.1, 0.15) is 22.8 Å². The number of sulfonamides is 1. The zero-order valence-electron chi connectivity index (χ0n) is 14.1. The Hall–Kier alpha value is -2.10. The minimum Gasteiger partial charge on any atom is -0.353 e. The summed E-state index contributed by atoms with van der Waals surface area (Å²) in [6.45, 7) is 3.83. The highest BCUT2D eigenvalue weighted by Gasteiger charge is 2.29. The molecule has 0 spiro atoms. The molecule has 6 nitrogen and oxygen atoms in total. The molecule has 0 bridgehead atoms. The summed E-state index contributed by atoms with van der Waals surface area (Å²) in [5, 5.41) is 1.00. The van der Waals surface area contributed by atoms with Gasteiger partial charge in [0.05, 0.1) is 10.3 Å². The Balaban J connectivity index is 1.54. The fourth-order valence-corrected chi connectivity index (χ4v) is 5.38. The lowest BCUT2D eigenvalue weighted by Crippen LogP contribution is -2.49. The van der Waals surface area contributed by atoms with E-state index in [-0.39, 0.29) is 4.90 Å². The van der Waals surface area contributed by atoms with Crippen molar-refractivity contribution in [2.45, 2.75) is 11.8 Å². The van der Waals surface area contributed by atoms with Crippen LogP contribution >= 0.6 is 11.3 Å². The van der Waals surface area contributed by atoms with E-state index in [1.165, 1.54) is 33.4 Å². The van der Waals surface area contributed by atoms with Crippen LogP contribution in [0.2, 0.25) is 0 Å². The molecular formula is C17H17FN4O2S2. The molecule has 4 rings (SSSR count). The summed E-state index contributed by atoms with van der Waals surface area (Å²) >= 11 is 1.62. The minimum absolute atomic E-state index is 0.116. The molecule has 1 aromatic carbocycles. The van der Waals surface area contributed by atoms with Gasteiger partial charge in [-0.2, -0.15) is 4.31 Å². The molecule has 0 radical (unpaired) electrons. The van der Waals surface area contributed by atoms with E-state index in [2.05, 4.69) is 20.9 Å². The highest BCUT2D eigenvalue weighted by Crippen LogP contribution is 2.30. The summed E-state index contributed by atoms with van der Waals surface area (Å²) in [6, 6.07) is 7.01. The zero-order valence-corrected chi connectivity index (χ0v) is 15.7. The van der Waals surface area contributed by atoms with Crippen LogP contribution in [-0.2, 0) is 10.0 Å². The average molecular weight is 392 g/mol. The number of thiophene rings is 1. The zero-order chi connectivity index (χ0) is 18.3. The molecule has 0 unspecified atom stereocenters. The van der Waals surface area contributed by atoms with E-state index >= 15 is 0 Å². The highest BCUT2D eigenvalue weighted by atomic mass is 32.2. The van der Waals surface area contributed by atoms with Crippen LogP contribution in [-0.4, -0.2) is 48.9 Å². The summed E-state index contributed by atoms with van der Waals surface area (Å²) in [6.07, 6.45) is 1.55. The number of aromatic nitrogens is 2. The molecule has 26 heavy (non-hydrogen) atoms. The van der Waals surface area contributed by atoms with Crippen molar-refractivity contribution in [2.24, 2.45) is 0 Å². The lowest BCUT2D eigenvalue weighted by molar-refractivity contribution is 0.384.